The van der Waals surface area contributed by atoms with Gasteiger partial charge in [0.25, 0.3) is 5.95 Å². The van der Waals surface area contributed by atoms with E-state index in [0.29, 0.717) is 23.2 Å². The molecule has 0 saturated heterocycles. The highest BCUT2D eigenvalue weighted by atomic mass is 19.2. The second-order valence-electron chi connectivity index (χ2n) is 6.42. The van der Waals surface area contributed by atoms with Gasteiger partial charge in [0, 0.05) is 11.1 Å². The van der Waals surface area contributed by atoms with Gasteiger partial charge in [-0.2, -0.15) is 5.10 Å². The van der Waals surface area contributed by atoms with E-state index in [4.69, 9.17) is 0 Å². The Morgan fingerprint density at radius 3 is 1.69 bits per heavy atom. The first-order valence-corrected chi connectivity index (χ1v) is 9.13. The first-order chi connectivity index (χ1) is 15.5. The van der Waals surface area contributed by atoms with Gasteiger partial charge in [0.2, 0.25) is 5.82 Å². The van der Waals surface area contributed by atoms with Crippen LogP contribution in [0, 0.1) is 29.1 Å². The van der Waals surface area contributed by atoms with Crippen molar-refractivity contribution < 1.29 is 22.0 Å². The summed E-state index contributed by atoms with van der Waals surface area (Å²) in [5.41, 5.74) is 3.49. The Balaban J connectivity index is 1.69. The number of benzene rings is 3. The van der Waals surface area contributed by atoms with Crippen molar-refractivity contribution in [3.05, 3.63) is 95.3 Å². The summed E-state index contributed by atoms with van der Waals surface area (Å²) < 4.78 is 67.3. The van der Waals surface area contributed by atoms with E-state index >= 15 is 0 Å². The average Bonchev–Trinajstić information content (AvgIpc) is 2.84. The van der Waals surface area contributed by atoms with E-state index in [2.05, 4.69) is 25.7 Å². The lowest BCUT2D eigenvalue weighted by Crippen LogP contribution is -2.08. The molecule has 0 spiro atoms. The van der Waals surface area contributed by atoms with Crippen molar-refractivity contribution in [1.82, 2.24) is 15.2 Å². The van der Waals surface area contributed by atoms with Crippen molar-refractivity contribution >= 4 is 12.2 Å². The molecule has 0 fully saturated rings. The van der Waals surface area contributed by atoms with Crippen LogP contribution in [0.3, 0.4) is 0 Å². The van der Waals surface area contributed by atoms with Gasteiger partial charge >= 0.3 is 0 Å². The minimum absolute atomic E-state index is 0.149. The minimum Gasteiger partial charge on any atom is -0.244 e. The summed E-state index contributed by atoms with van der Waals surface area (Å²) in [5, 5.41) is 11.6. The quantitative estimate of drug-likeness (QED) is 0.149. The number of hydrazone groups is 1. The van der Waals surface area contributed by atoms with Crippen LogP contribution in [0.15, 0.2) is 65.8 Å². The summed E-state index contributed by atoms with van der Waals surface area (Å²) in [7, 11) is 0. The van der Waals surface area contributed by atoms with E-state index < -0.39 is 34.6 Å². The summed E-state index contributed by atoms with van der Waals surface area (Å²) in [6.07, 6.45) is 0.451. The highest BCUT2D eigenvalue weighted by Crippen LogP contribution is 2.28. The zero-order valence-corrected chi connectivity index (χ0v) is 16.0. The molecule has 5 nitrogen and oxygen atoms in total. The highest BCUT2D eigenvalue weighted by molar-refractivity contribution is 5.81. The second-order valence-corrected chi connectivity index (χ2v) is 6.42. The van der Waals surface area contributed by atoms with Gasteiger partial charge in [0.15, 0.2) is 23.3 Å². The van der Waals surface area contributed by atoms with E-state index in [1.54, 1.807) is 24.3 Å². The topological polar surface area (TPSA) is 63.1 Å². The third-order valence-corrected chi connectivity index (χ3v) is 4.38. The zero-order chi connectivity index (χ0) is 22.7. The van der Waals surface area contributed by atoms with E-state index in [0.717, 1.165) is 5.56 Å². The molecule has 10 heteroatoms. The Morgan fingerprint density at radius 1 is 0.625 bits per heavy atom. The van der Waals surface area contributed by atoms with Crippen LogP contribution in [0.25, 0.3) is 22.5 Å². The van der Waals surface area contributed by atoms with Crippen molar-refractivity contribution in [2.45, 2.75) is 0 Å². The first kappa shape index (κ1) is 21.0. The fourth-order valence-electron chi connectivity index (χ4n) is 2.85. The van der Waals surface area contributed by atoms with Crippen LogP contribution in [-0.4, -0.2) is 21.4 Å². The number of nitrogens with one attached hydrogen (secondary N) is 1. The summed E-state index contributed by atoms with van der Waals surface area (Å²) in [6.45, 7) is 0. The molecule has 0 aliphatic rings. The molecule has 0 saturated carbocycles. The predicted molar refractivity (Wildman–Crippen MR) is 108 cm³/mol. The molecule has 0 aliphatic heterocycles. The fraction of sp³-hybridized carbons (Fsp3) is 0. The molecular formula is C22H12F5N5. The van der Waals surface area contributed by atoms with E-state index in [1.165, 1.54) is 0 Å². The molecule has 0 amide bonds. The number of rotatable bonds is 5. The van der Waals surface area contributed by atoms with Gasteiger partial charge in [-0.1, -0.05) is 60.7 Å². The average molecular weight is 441 g/mol. The molecule has 4 rings (SSSR count). The lowest BCUT2D eigenvalue weighted by molar-refractivity contribution is 0.377. The van der Waals surface area contributed by atoms with Crippen LogP contribution in [0.2, 0.25) is 0 Å². The first-order valence-electron chi connectivity index (χ1n) is 9.13. The molecule has 1 aromatic heterocycles. The Hall–Kier alpha value is -4.21. The SMILES string of the molecule is Fc1c(F)c(F)c(/C=N\Nc2nnc(-c3ccccc3)c(-c3ccccc3)n2)c(F)c1F. The van der Waals surface area contributed by atoms with Gasteiger partial charge in [-0.15, -0.1) is 10.2 Å². The Kier molecular flexibility index (Phi) is 5.84. The largest absolute Gasteiger partial charge is 0.263 e. The van der Waals surface area contributed by atoms with Gasteiger partial charge in [-0.25, -0.2) is 32.4 Å². The van der Waals surface area contributed by atoms with Gasteiger partial charge in [-0.05, 0) is 0 Å². The molecule has 0 bridgehead atoms. The lowest BCUT2D eigenvalue weighted by Gasteiger charge is -2.09. The second kappa shape index (κ2) is 8.88. The molecule has 32 heavy (non-hydrogen) atoms. The van der Waals surface area contributed by atoms with E-state index in [9.17, 15) is 22.0 Å². The summed E-state index contributed by atoms with van der Waals surface area (Å²) >= 11 is 0. The third-order valence-electron chi connectivity index (χ3n) is 4.38. The van der Waals surface area contributed by atoms with E-state index in [-0.39, 0.29) is 5.95 Å². The number of halogens is 5. The van der Waals surface area contributed by atoms with Gasteiger partial charge in [-0.3, -0.25) is 0 Å². The standard InChI is InChI=1S/C22H12F5N5/c23-15-14(16(24)18(26)19(27)17(15)25)11-28-31-22-29-20(12-7-3-1-4-8-12)21(30-32-22)13-9-5-2-6-10-13/h1-11H,(H,29,31,32)/b28-11-. The summed E-state index contributed by atoms with van der Waals surface area (Å²) in [4.78, 5) is 4.35. The molecule has 3 aromatic carbocycles. The van der Waals surface area contributed by atoms with Gasteiger partial charge in [0.1, 0.15) is 11.4 Å². The number of hydrogen-bond acceptors (Lipinski definition) is 5. The van der Waals surface area contributed by atoms with Crippen LogP contribution in [0.5, 0.6) is 0 Å². The van der Waals surface area contributed by atoms with Crippen molar-refractivity contribution in [1.29, 1.82) is 0 Å². The molecule has 0 atom stereocenters. The Bertz CT molecular complexity index is 1270. The zero-order valence-electron chi connectivity index (χ0n) is 16.0. The molecular weight excluding hydrogens is 429 g/mol. The number of hydrogen-bond donors (Lipinski definition) is 1. The van der Waals surface area contributed by atoms with Crippen LogP contribution in [-0.2, 0) is 0 Å². The van der Waals surface area contributed by atoms with Gasteiger partial charge in [0.05, 0.1) is 11.8 Å². The van der Waals surface area contributed by atoms with E-state index in [1.807, 2.05) is 36.4 Å². The molecule has 0 unspecified atom stereocenters. The monoisotopic (exact) mass is 441 g/mol. The number of anilines is 1. The number of nitrogens with zero attached hydrogens (tertiary/aromatic N) is 4. The highest BCUT2D eigenvalue weighted by Gasteiger charge is 2.24. The summed E-state index contributed by atoms with van der Waals surface area (Å²) in [5.74, 6) is -10.5. The molecule has 0 radical (unpaired) electrons. The molecule has 1 heterocycles. The molecule has 0 aliphatic carbocycles. The lowest BCUT2D eigenvalue weighted by atomic mass is 10.0. The summed E-state index contributed by atoms with van der Waals surface area (Å²) in [6, 6.07) is 18.2. The van der Waals surface area contributed by atoms with Crippen molar-refractivity contribution in [2.75, 3.05) is 5.43 Å². The van der Waals surface area contributed by atoms with Crippen LogP contribution >= 0.6 is 0 Å². The van der Waals surface area contributed by atoms with Crippen molar-refractivity contribution in [3.63, 3.8) is 0 Å². The van der Waals surface area contributed by atoms with Crippen molar-refractivity contribution in [3.8, 4) is 22.5 Å². The Labute approximate surface area is 178 Å². The van der Waals surface area contributed by atoms with Crippen molar-refractivity contribution in [2.24, 2.45) is 5.10 Å². The fourth-order valence-corrected chi connectivity index (χ4v) is 2.85. The van der Waals surface area contributed by atoms with Crippen LogP contribution in [0.1, 0.15) is 5.56 Å². The smallest absolute Gasteiger partial charge is 0.244 e. The molecule has 4 aromatic rings. The maximum Gasteiger partial charge on any atom is 0.263 e. The van der Waals surface area contributed by atoms with Crippen LogP contribution < -0.4 is 5.43 Å². The third kappa shape index (κ3) is 4.02. The van der Waals surface area contributed by atoms with Gasteiger partial charge < -0.3 is 0 Å². The minimum atomic E-state index is -2.25. The maximum atomic E-state index is 13.8. The van der Waals surface area contributed by atoms with Crippen LogP contribution in [0.4, 0.5) is 27.9 Å². The predicted octanol–water partition coefficient (Wildman–Crippen LogP) is 5.35. The molecule has 160 valence electrons. The maximum absolute atomic E-state index is 13.8. The number of aromatic nitrogens is 3. The normalized spacial score (nSPS) is 11.2. The molecule has 1 N–H and O–H groups in total. The Morgan fingerprint density at radius 2 is 1.12 bits per heavy atom.